The third-order valence-electron chi connectivity index (χ3n) is 5.60. The van der Waals surface area contributed by atoms with Gasteiger partial charge in [-0.05, 0) is 67.9 Å². The van der Waals surface area contributed by atoms with E-state index in [0.29, 0.717) is 12.0 Å². The number of rotatable bonds is 2. The van der Waals surface area contributed by atoms with Crippen LogP contribution < -0.4 is 4.90 Å². The van der Waals surface area contributed by atoms with Gasteiger partial charge in [0.15, 0.2) is 0 Å². The molecule has 0 saturated carbocycles. The minimum atomic E-state index is -0.0798. The molecule has 0 radical (unpaired) electrons. The van der Waals surface area contributed by atoms with E-state index in [1.165, 1.54) is 11.1 Å². The normalized spacial score (nSPS) is 24.5. The molecule has 1 saturated heterocycles. The summed E-state index contributed by atoms with van der Waals surface area (Å²) in [5.41, 5.74) is 4.91. The summed E-state index contributed by atoms with van der Waals surface area (Å²) in [6.07, 6.45) is 1.05. The second-order valence-electron chi connectivity index (χ2n) is 7.27. The van der Waals surface area contributed by atoms with Gasteiger partial charge in [-0.1, -0.05) is 17.7 Å². The van der Waals surface area contributed by atoms with Gasteiger partial charge in [-0.25, -0.2) is 0 Å². The van der Waals surface area contributed by atoms with Crippen LogP contribution in [0.2, 0.25) is 0 Å². The molecule has 0 unspecified atom stereocenters. The Morgan fingerprint density at radius 3 is 2.92 bits per heavy atom. The van der Waals surface area contributed by atoms with Gasteiger partial charge in [0.2, 0.25) is 5.91 Å². The molecule has 3 atom stereocenters. The van der Waals surface area contributed by atoms with Crippen LogP contribution in [0.1, 0.15) is 41.9 Å². The highest BCUT2D eigenvalue weighted by molar-refractivity contribution is 7.08. The predicted octanol–water partition coefficient (Wildman–Crippen LogP) is 3.99. The van der Waals surface area contributed by atoms with Crippen molar-refractivity contribution < 1.29 is 4.79 Å². The number of likely N-dealkylation sites (tertiary alicyclic amines) is 1. The van der Waals surface area contributed by atoms with E-state index in [1.807, 2.05) is 6.92 Å². The predicted molar refractivity (Wildman–Crippen MR) is 100 cm³/mol. The standard InChI is InChI=1S/C20H24N2OS/c1-13-4-5-18-16(10-13)17-11-21(3)8-6-19(17)22(18)20(23)14(2)15-7-9-24-12-15/h4-5,7,9-10,12,14,17,19H,6,8,11H2,1-3H3/t14-,17+,19-/m1/s1. The summed E-state index contributed by atoms with van der Waals surface area (Å²) >= 11 is 1.66. The van der Waals surface area contributed by atoms with Crippen LogP contribution in [0, 0.1) is 6.92 Å². The lowest BCUT2D eigenvalue weighted by Crippen LogP contribution is -2.48. The van der Waals surface area contributed by atoms with Crippen molar-refractivity contribution in [2.24, 2.45) is 0 Å². The Hall–Kier alpha value is -1.65. The number of carbonyl (C=O) groups is 1. The fourth-order valence-electron chi connectivity index (χ4n) is 4.24. The van der Waals surface area contributed by atoms with E-state index in [0.717, 1.165) is 30.8 Å². The summed E-state index contributed by atoms with van der Waals surface area (Å²) in [5, 5.41) is 4.15. The Balaban J connectivity index is 1.73. The smallest absolute Gasteiger partial charge is 0.234 e. The van der Waals surface area contributed by atoms with Gasteiger partial charge in [-0.3, -0.25) is 4.79 Å². The maximum Gasteiger partial charge on any atom is 0.234 e. The number of aryl methyl sites for hydroxylation is 1. The van der Waals surface area contributed by atoms with Crippen LogP contribution in [-0.2, 0) is 4.79 Å². The van der Waals surface area contributed by atoms with Gasteiger partial charge in [0.1, 0.15) is 0 Å². The summed E-state index contributed by atoms with van der Waals surface area (Å²) in [7, 11) is 2.18. The van der Waals surface area contributed by atoms with Gasteiger partial charge in [0, 0.05) is 24.2 Å². The van der Waals surface area contributed by atoms with Crippen LogP contribution in [0.4, 0.5) is 5.69 Å². The number of piperidine rings is 1. The molecule has 126 valence electrons. The van der Waals surface area contributed by atoms with E-state index < -0.39 is 0 Å². The van der Waals surface area contributed by atoms with E-state index in [1.54, 1.807) is 11.3 Å². The third kappa shape index (κ3) is 2.49. The number of thiophene rings is 1. The molecule has 4 heteroatoms. The van der Waals surface area contributed by atoms with E-state index in [9.17, 15) is 4.79 Å². The molecule has 4 rings (SSSR count). The van der Waals surface area contributed by atoms with Crippen molar-refractivity contribution >= 4 is 22.9 Å². The summed E-state index contributed by atoms with van der Waals surface area (Å²) in [6, 6.07) is 8.96. The summed E-state index contributed by atoms with van der Waals surface area (Å²) in [5.74, 6) is 0.608. The lowest BCUT2D eigenvalue weighted by atomic mass is 9.88. The number of hydrogen-bond donors (Lipinski definition) is 0. The molecule has 0 N–H and O–H groups in total. The van der Waals surface area contributed by atoms with Crippen LogP contribution in [0.5, 0.6) is 0 Å². The number of likely N-dealkylation sites (N-methyl/N-ethyl adjacent to an activating group) is 1. The Bertz CT molecular complexity index is 755. The molecule has 0 spiro atoms. The Labute approximate surface area is 147 Å². The lowest BCUT2D eigenvalue weighted by molar-refractivity contribution is -0.120. The number of anilines is 1. The summed E-state index contributed by atoms with van der Waals surface area (Å²) in [4.78, 5) is 17.9. The highest BCUT2D eigenvalue weighted by Crippen LogP contribution is 2.46. The van der Waals surface area contributed by atoms with Crippen molar-refractivity contribution in [2.45, 2.75) is 38.1 Å². The van der Waals surface area contributed by atoms with Crippen LogP contribution in [0.25, 0.3) is 0 Å². The second-order valence-corrected chi connectivity index (χ2v) is 8.05. The van der Waals surface area contributed by atoms with Crippen LogP contribution in [-0.4, -0.2) is 37.0 Å². The molecule has 24 heavy (non-hydrogen) atoms. The van der Waals surface area contributed by atoms with Crippen LogP contribution in [0.3, 0.4) is 0 Å². The molecule has 2 aliphatic rings. The zero-order chi connectivity index (χ0) is 16.8. The highest BCUT2D eigenvalue weighted by Gasteiger charge is 2.44. The van der Waals surface area contributed by atoms with E-state index in [2.05, 4.69) is 58.8 Å². The maximum absolute atomic E-state index is 13.3. The van der Waals surface area contributed by atoms with Gasteiger partial charge < -0.3 is 9.80 Å². The Morgan fingerprint density at radius 2 is 2.17 bits per heavy atom. The first kappa shape index (κ1) is 15.9. The minimum Gasteiger partial charge on any atom is -0.308 e. The molecule has 1 aromatic heterocycles. The second kappa shape index (κ2) is 6.01. The van der Waals surface area contributed by atoms with Gasteiger partial charge in [-0.2, -0.15) is 11.3 Å². The van der Waals surface area contributed by atoms with Crippen LogP contribution in [0.15, 0.2) is 35.0 Å². The molecule has 2 aliphatic heterocycles. The highest BCUT2D eigenvalue weighted by atomic mass is 32.1. The maximum atomic E-state index is 13.3. The minimum absolute atomic E-state index is 0.0798. The zero-order valence-corrected chi connectivity index (χ0v) is 15.3. The van der Waals surface area contributed by atoms with E-state index in [4.69, 9.17) is 0 Å². The topological polar surface area (TPSA) is 23.6 Å². The largest absolute Gasteiger partial charge is 0.308 e. The number of benzene rings is 1. The van der Waals surface area contributed by atoms with Crippen molar-refractivity contribution in [2.75, 3.05) is 25.0 Å². The average molecular weight is 340 g/mol. The number of fused-ring (bicyclic) bond motifs is 3. The van der Waals surface area contributed by atoms with E-state index in [-0.39, 0.29) is 11.8 Å². The number of nitrogens with zero attached hydrogens (tertiary/aromatic N) is 2. The van der Waals surface area contributed by atoms with Crippen molar-refractivity contribution in [1.82, 2.24) is 4.90 Å². The van der Waals surface area contributed by atoms with Gasteiger partial charge in [0.25, 0.3) is 0 Å². The molecule has 1 fully saturated rings. The molecule has 1 amide bonds. The molecule has 1 aromatic carbocycles. The van der Waals surface area contributed by atoms with Crippen LogP contribution >= 0.6 is 11.3 Å². The van der Waals surface area contributed by atoms with Gasteiger partial charge in [0.05, 0.1) is 5.92 Å². The third-order valence-corrected chi connectivity index (χ3v) is 6.31. The SMILES string of the molecule is Cc1ccc2c(c1)[C@@H]1CN(C)CC[C@H]1N2C(=O)[C@H](C)c1ccsc1. The first-order chi connectivity index (χ1) is 11.6. The molecule has 0 aliphatic carbocycles. The monoisotopic (exact) mass is 340 g/mol. The quantitative estimate of drug-likeness (QED) is 0.825. The summed E-state index contributed by atoms with van der Waals surface area (Å²) in [6.45, 7) is 6.28. The first-order valence-electron chi connectivity index (χ1n) is 8.70. The summed E-state index contributed by atoms with van der Waals surface area (Å²) < 4.78 is 0. The molecular weight excluding hydrogens is 316 g/mol. The fourth-order valence-corrected chi connectivity index (χ4v) is 5.00. The van der Waals surface area contributed by atoms with Crippen molar-refractivity contribution in [3.8, 4) is 0 Å². The zero-order valence-electron chi connectivity index (χ0n) is 14.5. The fraction of sp³-hybridized carbons (Fsp3) is 0.450. The average Bonchev–Trinajstić information content (AvgIpc) is 3.19. The molecule has 0 bridgehead atoms. The molecule has 3 heterocycles. The molecular formula is C20H24N2OS. The van der Waals surface area contributed by atoms with Gasteiger partial charge >= 0.3 is 0 Å². The number of carbonyl (C=O) groups excluding carboxylic acids is 1. The van der Waals surface area contributed by atoms with Gasteiger partial charge in [-0.15, -0.1) is 0 Å². The van der Waals surface area contributed by atoms with E-state index >= 15 is 0 Å². The van der Waals surface area contributed by atoms with Crippen molar-refractivity contribution in [1.29, 1.82) is 0 Å². The lowest BCUT2D eigenvalue weighted by Gasteiger charge is -2.37. The Morgan fingerprint density at radius 1 is 1.33 bits per heavy atom. The molecule has 2 aromatic rings. The van der Waals surface area contributed by atoms with Crippen molar-refractivity contribution in [3.05, 3.63) is 51.7 Å². The molecule has 3 nitrogen and oxygen atoms in total. The number of hydrogen-bond acceptors (Lipinski definition) is 3. The van der Waals surface area contributed by atoms with Crippen molar-refractivity contribution in [3.63, 3.8) is 0 Å². The Kier molecular flexibility index (Phi) is 3.97. The first-order valence-corrected chi connectivity index (χ1v) is 9.65. The number of amides is 1.